The zero-order chi connectivity index (χ0) is 9.42. The van der Waals surface area contributed by atoms with E-state index in [9.17, 15) is 0 Å². The maximum atomic E-state index is 5.73. The first-order valence-electron chi connectivity index (χ1n) is 4.07. The molecule has 2 aromatic heterocycles. The molecule has 0 aliphatic carbocycles. The number of rotatable bonds is 1. The summed E-state index contributed by atoms with van der Waals surface area (Å²) < 4.78 is 1.93. The number of nitrogens with zero attached hydrogens (tertiary/aromatic N) is 3. The maximum Gasteiger partial charge on any atom is 0.160 e. The van der Waals surface area contributed by atoms with Gasteiger partial charge in [-0.25, -0.2) is 9.97 Å². The number of hydrogen-bond acceptors (Lipinski definition) is 2. The van der Waals surface area contributed by atoms with Crippen LogP contribution in [-0.2, 0) is 12.9 Å². The fourth-order valence-electron chi connectivity index (χ4n) is 1.33. The van der Waals surface area contributed by atoms with Gasteiger partial charge >= 0.3 is 0 Å². The molecule has 0 N–H and O–H groups in total. The Kier molecular flexibility index (Phi) is 1.96. The highest BCUT2D eigenvalue weighted by molar-refractivity contribution is 6.16. The number of halogens is 1. The fraction of sp³-hybridized carbons (Fsp3) is 0.333. The van der Waals surface area contributed by atoms with Crippen LogP contribution < -0.4 is 0 Å². The molecular weight excluding hydrogens is 186 g/mol. The van der Waals surface area contributed by atoms with Crippen molar-refractivity contribution in [3.8, 4) is 0 Å². The molecule has 4 heteroatoms. The molecular formula is C9H10ClN3. The van der Waals surface area contributed by atoms with Gasteiger partial charge in [-0.1, -0.05) is 0 Å². The van der Waals surface area contributed by atoms with Crippen molar-refractivity contribution in [2.75, 3.05) is 0 Å². The Morgan fingerprint density at radius 1 is 1.38 bits per heavy atom. The van der Waals surface area contributed by atoms with Gasteiger partial charge in [0.1, 0.15) is 11.3 Å². The lowest BCUT2D eigenvalue weighted by molar-refractivity contribution is 0.861. The maximum absolute atomic E-state index is 5.73. The molecule has 2 rings (SSSR count). The summed E-state index contributed by atoms with van der Waals surface area (Å²) in [5, 5.41) is 0. The number of aromatic nitrogens is 3. The third-order valence-corrected chi connectivity index (χ3v) is 2.31. The summed E-state index contributed by atoms with van der Waals surface area (Å²) in [7, 11) is 1.93. The Bertz CT molecular complexity index is 447. The highest BCUT2D eigenvalue weighted by Gasteiger charge is 2.06. The zero-order valence-electron chi connectivity index (χ0n) is 7.58. The van der Waals surface area contributed by atoms with Gasteiger partial charge in [0.2, 0.25) is 0 Å². The van der Waals surface area contributed by atoms with Crippen LogP contribution in [0, 0.1) is 6.92 Å². The molecule has 2 aromatic rings. The van der Waals surface area contributed by atoms with E-state index < -0.39 is 0 Å². The van der Waals surface area contributed by atoms with Crippen LogP contribution in [0.3, 0.4) is 0 Å². The molecule has 0 aliphatic heterocycles. The second-order valence-corrected chi connectivity index (χ2v) is 3.28. The number of aryl methyl sites for hydroxylation is 2. The molecule has 68 valence electrons. The molecule has 13 heavy (non-hydrogen) atoms. The lowest BCUT2D eigenvalue weighted by Crippen LogP contribution is -1.95. The normalized spacial score (nSPS) is 11.0. The average molecular weight is 196 g/mol. The molecule has 2 heterocycles. The van der Waals surface area contributed by atoms with Crippen molar-refractivity contribution in [3.63, 3.8) is 0 Å². The first-order valence-corrected chi connectivity index (χ1v) is 4.60. The van der Waals surface area contributed by atoms with E-state index in [0.717, 1.165) is 22.7 Å². The zero-order valence-corrected chi connectivity index (χ0v) is 8.34. The molecule has 0 fully saturated rings. The Morgan fingerprint density at radius 3 is 2.85 bits per heavy atom. The van der Waals surface area contributed by atoms with Crippen LogP contribution in [0.1, 0.15) is 11.5 Å². The van der Waals surface area contributed by atoms with Crippen LogP contribution in [0.15, 0.2) is 12.1 Å². The van der Waals surface area contributed by atoms with Gasteiger partial charge in [0.05, 0.1) is 5.88 Å². The average Bonchev–Trinajstić information content (AvgIpc) is 2.44. The van der Waals surface area contributed by atoms with E-state index in [-0.39, 0.29) is 0 Å². The van der Waals surface area contributed by atoms with Crippen molar-refractivity contribution in [1.82, 2.24) is 14.5 Å². The summed E-state index contributed by atoms with van der Waals surface area (Å²) >= 11 is 5.73. The Morgan fingerprint density at radius 2 is 2.15 bits per heavy atom. The predicted molar refractivity (Wildman–Crippen MR) is 52.8 cm³/mol. The van der Waals surface area contributed by atoms with Crippen LogP contribution in [0.25, 0.3) is 11.2 Å². The number of fused-ring (bicyclic) bond motifs is 1. The predicted octanol–water partition coefficient (Wildman–Crippen LogP) is 2.02. The van der Waals surface area contributed by atoms with Crippen molar-refractivity contribution < 1.29 is 0 Å². The fourth-order valence-corrected chi connectivity index (χ4v) is 1.56. The molecule has 0 atom stereocenters. The summed E-state index contributed by atoms with van der Waals surface area (Å²) in [6, 6.07) is 3.92. The third kappa shape index (κ3) is 1.29. The Balaban J connectivity index is 2.77. The van der Waals surface area contributed by atoms with Gasteiger partial charge in [-0.3, -0.25) is 0 Å². The summed E-state index contributed by atoms with van der Waals surface area (Å²) in [6.07, 6.45) is 0. The van der Waals surface area contributed by atoms with E-state index in [1.54, 1.807) is 0 Å². The Labute approximate surface area is 81.4 Å². The molecule has 0 bridgehead atoms. The molecule has 3 nitrogen and oxygen atoms in total. The largest absolute Gasteiger partial charge is 0.315 e. The Hall–Kier alpha value is -1.09. The molecule has 0 unspecified atom stereocenters. The van der Waals surface area contributed by atoms with Gasteiger partial charge in [0.15, 0.2) is 5.65 Å². The van der Waals surface area contributed by atoms with E-state index in [4.69, 9.17) is 11.6 Å². The topological polar surface area (TPSA) is 30.7 Å². The van der Waals surface area contributed by atoms with Crippen molar-refractivity contribution >= 4 is 22.8 Å². The molecule has 0 spiro atoms. The van der Waals surface area contributed by atoms with Crippen molar-refractivity contribution in [3.05, 3.63) is 23.7 Å². The number of imidazole rings is 1. The first-order chi connectivity index (χ1) is 6.22. The van der Waals surface area contributed by atoms with Gasteiger partial charge in [-0.15, -0.1) is 11.6 Å². The third-order valence-electron chi connectivity index (χ3n) is 2.07. The van der Waals surface area contributed by atoms with Crippen molar-refractivity contribution in [1.29, 1.82) is 0 Å². The number of hydrogen-bond donors (Lipinski definition) is 0. The van der Waals surface area contributed by atoms with E-state index in [1.165, 1.54) is 0 Å². The minimum atomic E-state index is 0.423. The SMILES string of the molecule is Cc1ccc2nc(CCl)n(C)c2n1. The standard InChI is InChI=1S/C9H10ClN3/c1-6-3-4-7-9(11-6)13(2)8(5-10)12-7/h3-4H,5H2,1-2H3. The summed E-state index contributed by atoms with van der Waals surface area (Å²) in [5.74, 6) is 1.28. The first kappa shape index (κ1) is 8.51. The quantitative estimate of drug-likeness (QED) is 0.652. The van der Waals surface area contributed by atoms with Gasteiger partial charge in [-0.2, -0.15) is 0 Å². The second kappa shape index (κ2) is 3.00. The minimum absolute atomic E-state index is 0.423. The van der Waals surface area contributed by atoms with Gasteiger partial charge in [0, 0.05) is 12.7 Å². The minimum Gasteiger partial charge on any atom is -0.315 e. The molecule has 0 aromatic carbocycles. The van der Waals surface area contributed by atoms with Crippen LogP contribution in [-0.4, -0.2) is 14.5 Å². The van der Waals surface area contributed by atoms with Gasteiger partial charge < -0.3 is 4.57 Å². The van der Waals surface area contributed by atoms with Crippen LogP contribution in [0.2, 0.25) is 0 Å². The molecule has 0 radical (unpaired) electrons. The molecule has 0 saturated heterocycles. The highest BCUT2D eigenvalue weighted by Crippen LogP contribution is 2.14. The summed E-state index contributed by atoms with van der Waals surface area (Å²) in [5.41, 5.74) is 2.80. The monoisotopic (exact) mass is 195 g/mol. The lowest BCUT2D eigenvalue weighted by atomic mass is 10.3. The molecule has 0 amide bonds. The van der Waals surface area contributed by atoms with Gasteiger partial charge in [-0.05, 0) is 19.1 Å². The van der Waals surface area contributed by atoms with Gasteiger partial charge in [0.25, 0.3) is 0 Å². The number of alkyl halides is 1. The van der Waals surface area contributed by atoms with Crippen molar-refractivity contribution in [2.24, 2.45) is 7.05 Å². The van der Waals surface area contributed by atoms with Crippen LogP contribution in [0.5, 0.6) is 0 Å². The second-order valence-electron chi connectivity index (χ2n) is 3.02. The summed E-state index contributed by atoms with van der Waals surface area (Å²) in [6.45, 7) is 1.97. The number of pyridine rings is 1. The van der Waals surface area contributed by atoms with Crippen LogP contribution in [0.4, 0.5) is 0 Å². The van der Waals surface area contributed by atoms with Crippen LogP contribution >= 0.6 is 11.6 Å². The van der Waals surface area contributed by atoms with E-state index in [0.29, 0.717) is 5.88 Å². The van der Waals surface area contributed by atoms with E-state index >= 15 is 0 Å². The van der Waals surface area contributed by atoms with E-state index in [1.807, 2.05) is 30.7 Å². The summed E-state index contributed by atoms with van der Waals surface area (Å²) in [4.78, 5) is 8.73. The molecule has 0 saturated carbocycles. The highest BCUT2D eigenvalue weighted by atomic mass is 35.5. The van der Waals surface area contributed by atoms with Crippen molar-refractivity contribution in [2.45, 2.75) is 12.8 Å². The molecule has 0 aliphatic rings. The lowest BCUT2D eigenvalue weighted by Gasteiger charge is -1.96. The smallest absolute Gasteiger partial charge is 0.160 e. The van der Waals surface area contributed by atoms with E-state index in [2.05, 4.69) is 9.97 Å².